The highest BCUT2D eigenvalue weighted by molar-refractivity contribution is 6.35. The van der Waals surface area contributed by atoms with Crippen molar-refractivity contribution in [1.82, 2.24) is 9.97 Å². The normalized spacial score (nSPS) is 10.4. The molecule has 0 aliphatic carbocycles. The molecule has 0 aliphatic heterocycles. The van der Waals surface area contributed by atoms with E-state index >= 15 is 0 Å². The molecule has 3 nitrogen and oxygen atoms in total. The molecule has 0 saturated heterocycles. The maximum Gasteiger partial charge on any atom is 0.192 e. The lowest BCUT2D eigenvalue weighted by atomic mass is 10.3. The van der Waals surface area contributed by atoms with Crippen molar-refractivity contribution in [3.63, 3.8) is 0 Å². The number of rotatable bonds is 0. The maximum atomic E-state index is 11.3. The van der Waals surface area contributed by atoms with Crippen LogP contribution in [0.3, 0.4) is 0 Å². The van der Waals surface area contributed by atoms with Crippen LogP contribution in [0.4, 0.5) is 0 Å². The molecule has 0 aromatic carbocycles. The van der Waals surface area contributed by atoms with E-state index in [-0.39, 0.29) is 5.43 Å². The number of fused-ring (bicyclic) bond motifs is 1. The Hall–Kier alpha value is -1.35. The molecule has 2 aromatic rings. The summed E-state index contributed by atoms with van der Waals surface area (Å²) in [5.41, 5.74) is 0.414. The van der Waals surface area contributed by atoms with Crippen LogP contribution in [-0.2, 0) is 0 Å². The van der Waals surface area contributed by atoms with Crippen molar-refractivity contribution < 1.29 is 0 Å². The van der Waals surface area contributed by atoms with Gasteiger partial charge < -0.3 is 4.98 Å². The van der Waals surface area contributed by atoms with Gasteiger partial charge in [-0.05, 0) is 6.07 Å². The van der Waals surface area contributed by atoms with Gasteiger partial charge in [-0.25, -0.2) is 4.98 Å². The van der Waals surface area contributed by atoms with Crippen LogP contribution in [0, 0.1) is 0 Å². The van der Waals surface area contributed by atoms with Crippen LogP contribution in [0.25, 0.3) is 11.0 Å². The fourth-order valence-electron chi connectivity index (χ4n) is 1.06. The lowest BCUT2D eigenvalue weighted by Gasteiger charge is -1.95. The molecule has 0 spiro atoms. The van der Waals surface area contributed by atoms with Gasteiger partial charge in [0.25, 0.3) is 0 Å². The van der Waals surface area contributed by atoms with Gasteiger partial charge in [0.2, 0.25) is 0 Å². The van der Waals surface area contributed by atoms with Gasteiger partial charge in [0.15, 0.2) is 5.43 Å². The van der Waals surface area contributed by atoms with E-state index in [0.29, 0.717) is 16.1 Å². The number of pyridine rings is 2. The van der Waals surface area contributed by atoms with Crippen LogP contribution < -0.4 is 5.43 Å². The maximum absolute atomic E-state index is 11.3. The Morgan fingerprint density at radius 3 is 3.00 bits per heavy atom. The molecule has 0 unspecified atom stereocenters. The first-order valence-electron chi connectivity index (χ1n) is 3.41. The van der Waals surface area contributed by atoms with Gasteiger partial charge in [-0.15, -0.1) is 0 Å². The minimum atomic E-state index is -0.109. The van der Waals surface area contributed by atoms with Crippen molar-refractivity contribution in [1.29, 1.82) is 0 Å². The van der Waals surface area contributed by atoms with Crippen LogP contribution in [0.2, 0.25) is 5.02 Å². The summed E-state index contributed by atoms with van der Waals surface area (Å²) in [6.07, 6.45) is 3.11. The van der Waals surface area contributed by atoms with Gasteiger partial charge in [-0.2, -0.15) is 0 Å². The minimum absolute atomic E-state index is 0.109. The molecule has 0 fully saturated rings. The number of nitrogens with zero attached hydrogens (tertiary/aromatic N) is 1. The fourth-order valence-corrected chi connectivity index (χ4v) is 1.30. The van der Waals surface area contributed by atoms with Crippen LogP contribution in [-0.4, -0.2) is 9.97 Å². The second-order valence-electron chi connectivity index (χ2n) is 2.36. The molecule has 0 radical (unpaired) electrons. The van der Waals surface area contributed by atoms with Crippen LogP contribution in [0.15, 0.2) is 29.3 Å². The van der Waals surface area contributed by atoms with Crippen molar-refractivity contribution in [2.45, 2.75) is 0 Å². The molecule has 1 N–H and O–H groups in total. The topological polar surface area (TPSA) is 45.8 Å². The van der Waals surface area contributed by atoms with Gasteiger partial charge in [0.1, 0.15) is 5.65 Å². The molecule has 0 amide bonds. The average Bonchev–Trinajstić information content (AvgIpc) is 2.04. The summed E-state index contributed by atoms with van der Waals surface area (Å²) in [7, 11) is 0. The first kappa shape index (κ1) is 7.31. The summed E-state index contributed by atoms with van der Waals surface area (Å²) in [6, 6.07) is 3.02. The van der Waals surface area contributed by atoms with Gasteiger partial charge in [0.05, 0.1) is 10.4 Å². The standard InChI is InChI=1S/C8H5ClN2O/c9-5-1-3-10-8-7(5)6(12)2-4-11-8/h1-4H,(H,10,11,12). The van der Waals surface area contributed by atoms with Crippen molar-refractivity contribution in [2.24, 2.45) is 0 Å². The number of H-pyrrole nitrogens is 1. The largest absolute Gasteiger partial charge is 0.346 e. The zero-order chi connectivity index (χ0) is 8.55. The quantitative estimate of drug-likeness (QED) is 0.669. The van der Waals surface area contributed by atoms with Crippen LogP contribution in [0.1, 0.15) is 0 Å². The van der Waals surface area contributed by atoms with E-state index < -0.39 is 0 Å². The van der Waals surface area contributed by atoms with Crippen molar-refractivity contribution in [3.8, 4) is 0 Å². The zero-order valence-electron chi connectivity index (χ0n) is 6.04. The van der Waals surface area contributed by atoms with E-state index in [1.165, 1.54) is 6.07 Å². The van der Waals surface area contributed by atoms with E-state index in [2.05, 4.69) is 9.97 Å². The third-order valence-corrected chi connectivity index (χ3v) is 1.92. The summed E-state index contributed by atoms with van der Waals surface area (Å²) in [6.45, 7) is 0. The molecule has 60 valence electrons. The lowest BCUT2D eigenvalue weighted by Crippen LogP contribution is -2.01. The summed E-state index contributed by atoms with van der Waals surface area (Å²) < 4.78 is 0. The molecular formula is C8H5ClN2O. The number of halogens is 1. The molecular weight excluding hydrogens is 176 g/mol. The van der Waals surface area contributed by atoms with E-state index in [4.69, 9.17) is 11.6 Å². The van der Waals surface area contributed by atoms with Crippen LogP contribution in [0.5, 0.6) is 0 Å². The third-order valence-electron chi connectivity index (χ3n) is 1.60. The Balaban J connectivity index is 3.07. The molecule has 0 saturated carbocycles. The second kappa shape index (κ2) is 2.60. The molecule has 4 heteroatoms. The number of aromatic amines is 1. The van der Waals surface area contributed by atoms with E-state index in [0.717, 1.165) is 0 Å². The first-order valence-corrected chi connectivity index (χ1v) is 3.79. The summed E-state index contributed by atoms with van der Waals surface area (Å²) in [4.78, 5) is 18.1. The number of hydrogen-bond donors (Lipinski definition) is 1. The highest BCUT2D eigenvalue weighted by Crippen LogP contribution is 2.14. The second-order valence-corrected chi connectivity index (χ2v) is 2.77. The number of aromatic nitrogens is 2. The SMILES string of the molecule is O=c1cc[nH]c2nccc(Cl)c12. The summed E-state index contributed by atoms with van der Waals surface area (Å²) in [5.74, 6) is 0. The molecule has 0 atom stereocenters. The highest BCUT2D eigenvalue weighted by Gasteiger charge is 2.01. The predicted molar refractivity (Wildman–Crippen MR) is 47.4 cm³/mol. The van der Waals surface area contributed by atoms with Gasteiger partial charge >= 0.3 is 0 Å². The zero-order valence-corrected chi connectivity index (χ0v) is 6.80. The van der Waals surface area contributed by atoms with Gasteiger partial charge in [0, 0.05) is 18.5 Å². The van der Waals surface area contributed by atoms with E-state index in [9.17, 15) is 4.79 Å². The monoisotopic (exact) mass is 180 g/mol. The molecule has 2 aromatic heterocycles. The molecule has 0 bridgehead atoms. The first-order chi connectivity index (χ1) is 5.79. The highest BCUT2D eigenvalue weighted by atomic mass is 35.5. The van der Waals surface area contributed by atoms with Gasteiger partial charge in [-0.3, -0.25) is 4.79 Å². The Labute approximate surface area is 73.0 Å². The van der Waals surface area contributed by atoms with Crippen molar-refractivity contribution in [3.05, 3.63) is 39.8 Å². The average molecular weight is 181 g/mol. The fraction of sp³-hybridized carbons (Fsp3) is 0. The number of hydrogen-bond acceptors (Lipinski definition) is 2. The van der Waals surface area contributed by atoms with Gasteiger partial charge in [-0.1, -0.05) is 11.6 Å². The molecule has 0 aliphatic rings. The third kappa shape index (κ3) is 0.987. The minimum Gasteiger partial charge on any atom is -0.346 e. The Morgan fingerprint density at radius 1 is 1.42 bits per heavy atom. The molecule has 2 heterocycles. The smallest absolute Gasteiger partial charge is 0.192 e. The van der Waals surface area contributed by atoms with E-state index in [1.807, 2.05) is 0 Å². The molecule has 2 rings (SSSR count). The van der Waals surface area contributed by atoms with Crippen molar-refractivity contribution in [2.75, 3.05) is 0 Å². The van der Waals surface area contributed by atoms with Crippen LogP contribution >= 0.6 is 11.6 Å². The Bertz CT molecular complexity index is 472. The van der Waals surface area contributed by atoms with E-state index in [1.54, 1.807) is 18.5 Å². The summed E-state index contributed by atoms with van der Waals surface area (Å²) >= 11 is 5.80. The lowest BCUT2D eigenvalue weighted by molar-refractivity contribution is 1.28. The summed E-state index contributed by atoms with van der Waals surface area (Å²) in [5, 5.41) is 0.878. The number of nitrogens with one attached hydrogen (secondary N) is 1. The van der Waals surface area contributed by atoms with Crippen molar-refractivity contribution >= 4 is 22.6 Å². The Morgan fingerprint density at radius 2 is 2.25 bits per heavy atom. The predicted octanol–water partition coefficient (Wildman–Crippen LogP) is 1.58. The molecule has 12 heavy (non-hydrogen) atoms. The Kier molecular flexibility index (Phi) is 1.59.